The number of hydrogen-bond acceptors (Lipinski definition) is 11. The normalized spacial score (nSPS) is 15.3. The maximum atomic E-state index is 12.8. The summed E-state index contributed by atoms with van der Waals surface area (Å²) in [5, 5.41) is 24.8. The van der Waals surface area contributed by atoms with Crippen LogP contribution in [0.5, 0.6) is 0 Å². The molecule has 2 aliphatic rings. The van der Waals surface area contributed by atoms with Gasteiger partial charge in [-0.15, -0.1) is 12.4 Å². The molecule has 2 aromatic carbocycles. The molecule has 2 fully saturated rings. The molecule has 3 amide bonds. The fraction of sp³-hybridized carbons (Fsp3) is 0.263. The summed E-state index contributed by atoms with van der Waals surface area (Å²) in [4.78, 5) is 64.1. The second-order valence-electron chi connectivity index (χ2n) is 12.4. The van der Waals surface area contributed by atoms with Gasteiger partial charge in [0, 0.05) is 48.7 Å². The molecule has 0 aliphatic carbocycles. The highest BCUT2D eigenvalue weighted by Crippen LogP contribution is 2.21. The number of aromatic nitrogens is 4. The van der Waals surface area contributed by atoms with Crippen LogP contribution in [0.3, 0.4) is 0 Å². The van der Waals surface area contributed by atoms with E-state index in [4.69, 9.17) is 28.3 Å². The van der Waals surface area contributed by atoms with E-state index in [1.807, 2.05) is 6.92 Å². The number of carboxylic acid groups (broad SMARTS) is 1. The minimum Gasteiger partial charge on any atom is -0.478 e. The number of nitrogens with zero attached hydrogens (tertiary/aromatic N) is 5. The van der Waals surface area contributed by atoms with Crippen LogP contribution in [0, 0.1) is 13.8 Å². The van der Waals surface area contributed by atoms with Crippen molar-refractivity contribution in [3.05, 3.63) is 119 Å². The van der Waals surface area contributed by atoms with E-state index < -0.39 is 5.97 Å². The Morgan fingerprint density at radius 3 is 1.70 bits per heavy atom. The Kier molecular flexibility index (Phi) is 17.6. The highest BCUT2D eigenvalue weighted by atomic mass is 35.5. The summed E-state index contributed by atoms with van der Waals surface area (Å²) in [5.74, 6) is -0.469. The molecule has 0 unspecified atom stereocenters. The molecule has 56 heavy (non-hydrogen) atoms. The second-order valence-corrected chi connectivity index (χ2v) is 13.3. The maximum Gasteiger partial charge on any atom is 0.335 e. The summed E-state index contributed by atoms with van der Waals surface area (Å²) in [5.41, 5.74) is 3.45. The monoisotopic (exact) mass is 824 g/mol. The lowest BCUT2D eigenvalue weighted by Gasteiger charge is -2.18. The fourth-order valence-corrected chi connectivity index (χ4v) is 5.69. The zero-order valence-electron chi connectivity index (χ0n) is 30.7. The Morgan fingerprint density at radius 2 is 1.27 bits per heavy atom. The number of anilines is 4. The molecule has 18 heteroatoms. The van der Waals surface area contributed by atoms with E-state index in [0.29, 0.717) is 63.6 Å². The first kappa shape index (κ1) is 44.8. The van der Waals surface area contributed by atoms with Crippen molar-refractivity contribution in [3.8, 4) is 0 Å². The number of aryl methyl sites for hydroxylation is 2. The maximum absolute atomic E-state index is 12.8. The summed E-state index contributed by atoms with van der Waals surface area (Å²) in [7, 11) is 0. The molecule has 296 valence electrons. The molecule has 0 spiro atoms. The molecule has 2 aliphatic heterocycles. The van der Waals surface area contributed by atoms with Gasteiger partial charge in [0.2, 0.25) is 23.7 Å². The van der Waals surface area contributed by atoms with Crippen LogP contribution < -0.4 is 26.6 Å². The Balaban J connectivity index is 0.000000245. The quantitative estimate of drug-likeness (QED) is 0.102. The number of carbonyl (C=O) groups excluding carboxylic acids is 3. The van der Waals surface area contributed by atoms with Crippen LogP contribution >= 0.6 is 35.6 Å². The number of hydrogen-bond donors (Lipinski definition) is 6. The van der Waals surface area contributed by atoms with Crippen LogP contribution in [-0.2, 0) is 9.59 Å². The van der Waals surface area contributed by atoms with E-state index >= 15 is 0 Å². The minimum absolute atomic E-state index is 0. The Labute approximate surface area is 340 Å². The minimum atomic E-state index is -0.978. The molecule has 4 aromatic rings. The topological polar surface area (TPSA) is 203 Å². The largest absolute Gasteiger partial charge is 0.478 e. The molecule has 2 aromatic heterocycles. The zero-order chi connectivity index (χ0) is 39.9. The van der Waals surface area contributed by atoms with Crippen LogP contribution in [-0.4, -0.2) is 91.9 Å². The van der Waals surface area contributed by atoms with Crippen molar-refractivity contribution >= 4 is 82.6 Å². The number of aromatic carboxylic acids is 1. The van der Waals surface area contributed by atoms with Crippen LogP contribution in [0.2, 0.25) is 10.0 Å². The smallest absolute Gasteiger partial charge is 0.335 e. The molecular formula is C38H43Cl3N10O5. The van der Waals surface area contributed by atoms with Crippen molar-refractivity contribution in [2.24, 2.45) is 0 Å². The van der Waals surface area contributed by atoms with Gasteiger partial charge in [-0.05, 0) is 92.9 Å². The van der Waals surface area contributed by atoms with Crippen LogP contribution in [0.25, 0.3) is 0 Å². The lowest BCUT2D eigenvalue weighted by Crippen LogP contribution is -2.32. The number of carboxylic acids is 1. The van der Waals surface area contributed by atoms with E-state index in [2.05, 4.69) is 59.7 Å². The van der Waals surface area contributed by atoms with Crippen LogP contribution in [0.4, 0.5) is 23.3 Å². The third-order valence-electron chi connectivity index (χ3n) is 8.26. The van der Waals surface area contributed by atoms with Gasteiger partial charge in [0.25, 0.3) is 5.91 Å². The summed E-state index contributed by atoms with van der Waals surface area (Å²) in [6.45, 7) is 13.5. The predicted octanol–water partition coefficient (Wildman–Crippen LogP) is 6.03. The summed E-state index contributed by atoms with van der Waals surface area (Å²) >= 11 is 11.5. The van der Waals surface area contributed by atoms with Crippen molar-refractivity contribution in [1.29, 1.82) is 0 Å². The number of amides is 3. The van der Waals surface area contributed by atoms with Gasteiger partial charge in [-0.25, -0.2) is 24.7 Å². The van der Waals surface area contributed by atoms with E-state index in [0.717, 1.165) is 37.6 Å². The summed E-state index contributed by atoms with van der Waals surface area (Å²) in [6.07, 6.45) is 10.5. The van der Waals surface area contributed by atoms with E-state index in [9.17, 15) is 19.2 Å². The van der Waals surface area contributed by atoms with Gasteiger partial charge in [-0.2, -0.15) is 0 Å². The predicted molar refractivity (Wildman–Crippen MR) is 221 cm³/mol. The fourth-order valence-electron chi connectivity index (χ4n) is 5.50. The SMILES string of the molecule is C=CC(=O)Nc1ccc(C(=O)N2CC[C@@H](Nc3ncc(Cl)cn3)C2)c(C)c1.C=CC(=O)Nc1ccc(C(=O)O)c(C)c1.Cl.Clc1cnc(N[C@@H]2CCNC2)nc1. The number of likely N-dealkylation sites (tertiary alicyclic amines) is 1. The number of halogens is 3. The molecular weight excluding hydrogens is 783 g/mol. The third kappa shape index (κ3) is 13.9. The standard InChI is InChI=1S/C19H20ClN5O2.C11H11NO3.C8H11ClN4.ClH/c1-3-17(26)23-14-4-5-16(12(2)8-14)18(27)25-7-6-15(11-25)24-19-21-9-13(20)10-22-19;1-3-10(13)12-8-4-5-9(11(14)15)7(2)6-8;9-6-3-11-8(12-4-6)13-7-1-2-10-5-7;/h3-5,8-10,15H,1,6-7,11H2,2H3,(H,23,26)(H,21,22,24);3-6H,1H2,2H3,(H,12,13)(H,14,15);3-4,7,10H,1-2,5H2,(H,11,12,13);1H/t15-;;7-;/m1.1./s1. The zero-order valence-corrected chi connectivity index (χ0v) is 33.0. The second kappa shape index (κ2) is 22.1. The van der Waals surface area contributed by atoms with Crippen molar-refractivity contribution in [1.82, 2.24) is 30.2 Å². The first-order valence-corrected chi connectivity index (χ1v) is 17.9. The number of carbonyl (C=O) groups is 4. The van der Waals surface area contributed by atoms with Gasteiger partial charge in [0.05, 0.1) is 40.4 Å². The van der Waals surface area contributed by atoms with E-state index in [1.54, 1.807) is 48.5 Å². The summed E-state index contributed by atoms with van der Waals surface area (Å²) < 4.78 is 0. The molecule has 2 saturated heterocycles. The molecule has 6 N–H and O–H groups in total. The van der Waals surface area contributed by atoms with Gasteiger partial charge >= 0.3 is 5.97 Å². The highest BCUT2D eigenvalue weighted by Gasteiger charge is 2.28. The van der Waals surface area contributed by atoms with E-state index in [-0.39, 0.29) is 41.7 Å². The number of nitrogens with one attached hydrogen (secondary N) is 5. The molecule has 6 rings (SSSR count). The average Bonchev–Trinajstić information content (AvgIpc) is 3.86. The van der Waals surface area contributed by atoms with Crippen molar-refractivity contribution < 1.29 is 24.3 Å². The first-order chi connectivity index (χ1) is 26.3. The van der Waals surface area contributed by atoms with Gasteiger partial charge < -0.3 is 36.6 Å². The molecule has 0 radical (unpaired) electrons. The Hall–Kier alpha value is -5.61. The molecule has 4 heterocycles. The van der Waals surface area contributed by atoms with Gasteiger partial charge in [-0.3, -0.25) is 14.4 Å². The molecule has 0 bridgehead atoms. The lowest BCUT2D eigenvalue weighted by atomic mass is 10.1. The number of rotatable bonds is 10. The Bertz CT molecular complexity index is 2000. The van der Waals surface area contributed by atoms with E-state index in [1.165, 1.54) is 30.6 Å². The van der Waals surface area contributed by atoms with Gasteiger partial charge in [0.15, 0.2) is 0 Å². The first-order valence-electron chi connectivity index (χ1n) is 17.1. The van der Waals surface area contributed by atoms with Crippen molar-refractivity contribution in [3.63, 3.8) is 0 Å². The molecule has 0 saturated carbocycles. The van der Waals surface area contributed by atoms with Gasteiger partial charge in [0.1, 0.15) is 0 Å². The lowest BCUT2D eigenvalue weighted by molar-refractivity contribution is -0.112. The van der Waals surface area contributed by atoms with Crippen LogP contribution in [0.15, 0.2) is 86.5 Å². The molecule has 2 atom stereocenters. The van der Waals surface area contributed by atoms with Crippen LogP contribution in [0.1, 0.15) is 44.7 Å². The van der Waals surface area contributed by atoms with Crippen molar-refractivity contribution in [2.45, 2.75) is 38.8 Å². The van der Waals surface area contributed by atoms with Gasteiger partial charge in [-0.1, -0.05) is 36.4 Å². The third-order valence-corrected chi connectivity index (χ3v) is 8.65. The average molecular weight is 826 g/mol. The number of benzene rings is 2. The molecule has 15 nitrogen and oxygen atoms in total. The highest BCUT2D eigenvalue weighted by molar-refractivity contribution is 6.30. The Morgan fingerprint density at radius 1 is 0.786 bits per heavy atom. The summed E-state index contributed by atoms with van der Waals surface area (Å²) in [6, 6.07) is 10.4. The van der Waals surface area contributed by atoms with Crippen molar-refractivity contribution in [2.75, 3.05) is 47.4 Å².